The molecule has 1 aromatic heterocycles. The highest BCUT2D eigenvalue weighted by atomic mass is 19.1. The van der Waals surface area contributed by atoms with Crippen molar-refractivity contribution in [3.8, 4) is 5.75 Å². The summed E-state index contributed by atoms with van der Waals surface area (Å²) in [6.07, 6.45) is 1.74. The molecule has 7 heteroatoms. The first kappa shape index (κ1) is 18.7. The van der Waals surface area contributed by atoms with E-state index in [0.29, 0.717) is 17.0 Å². The number of aliphatic hydroxyl groups is 1. The number of hydrogen-bond acceptors (Lipinski definition) is 5. The van der Waals surface area contributed by atoms with E-state index in [1.54, 1.807) is 24.1 Å². The molecular weight excluding hydrogens is 361 g/mol. The van der Waals surface area contributed by atoms with Gasteiger partial charge in [0.2, 0.25) is 0 Å². The number of halogens is 1. The SMILES string of the molecule is Cc1cc2c(nc1N1CCC(Oc3ccc(F)cc3)CC1)C(CO)N(C)C2=O. The van der Waals surface area contributed by atoms with Crippen molar-refractivity contribution >= 4 is 11.7 Å². The van der Waals surface area contributed by atoms with Gasteiger partial charge in [0.05, 0.1) is 23.9 Å². The highest BCUT2D eigenvalue weighted by molar-refractivity contribution is 5.99. The summed E-state index contributed by atoms with van der Waals surface area (Å²) in [6, 6.07) is 7.59. The molecule has 0 bridgehead atoms. The van der Waals surface area contributed by atoms with Gasteiger partial charge in [-0.05, 0) is 42.8 Å². The Kier molecular flexibility index (Phi) is 4.93. The maximum absolute atomic E-state index is 13.0. The number of piperidine rings is 1. The molecule has 1 amide bonds. The molecule has 148 valence electrons. The van der Waals surface area contributed by atoms with Crippen LogP contribution in [-0.4, -0.2) is 53.7 Å². The van der Waals surface area contributed by atoms with Crippen LogP contribution in [-0.2, 0) is 0 Å². The van der Waals surface area contributed by atoms with E-state index in [4.69, 9.17) is 9.72 Å². The number of anilines is 1. The molecule has 1 atom stereocenters. The van der Waals surface area contributed by atoms with Crippen molar-refractivity contribution in [3.05, 3.63) is 53.0 Å². The van der Waals surface area contributed by atoms with Crippen molar-refractivity contribution < 1.29 is 19.0 Å². The number of carbonyl (C=O) groups is 1. The molecular formula is C21H24FN3O3. The third-order valence-electron chi connectivity index (χ3n) is 5.58. The highest BCUT2D eigenvalue weighted by Gasteiger charge is 2.36. The summed E-state index contributed by atoms with van der Waals surface area (Å²) >= 11 is 0. The molecule has 0 saturated carbocycles. The van der Waals surface area contributed by atoms with Crippen LogP contribution in [0.25, 0.3) is 0 Å². The molecule has 0 aliphatic carbocycles. The Hall–Kier alpha value is -2.67. The van der Waals surface area contributed by atoms with Gasteiger partial charge in [-0.3, -0.25) is 4.79 Å². The van der Waals surface area contributed by atoms with Crippen LogP contribution >= 0.6 is 0 Å². The number of fused-ring (bicyclic) bond motifs is 1. The van der Waals surface area contributed by atoms with Gasteiger partial charge >= 0.3 is 0 Å². The van der Waals surface area contributed by atoms with Crippen LogP contribution in [0, 0.1) is 12.7 Å². The molecule has 28 heavy (non-hydrogen) atoms. The van der Waals surface area contributed by atoms with Crippen molar-refractivity contribution in [3.63, 3.8) is 0 Å². The van der Waals surface area contributed by atoms with Crippen molar-refractivity contribution in [2.75, 3.05) is 31.6 Å². The smallest absolute Gasteiger partial charge is 0.256 e. The predicted octanol–water partition coefficient (Wildman–Crippen LogP) is 2.70. The molecule has 1 saturated heterocycles. The lowest BCUT2D eigenvalue weighted by Gasteiger charge is -2.34. The zero-order valence-electron chi connectivity index (χ0n) is 16.1. The lowest BCUT2D eigenvalue weighted by Crippen LogP contribution is -2.39. The molecule has 3 heterocycles. The molecule has 1 N–H and O–H groups in total. The number of aromatic nitrogens is 1. The minimum Gasteiger partial charge on any atom is -0.490 e. The number of ether oxygens (including phenoxy) is 1. The number of amides is 1. The monoisotopic (exact) mass is 385 g/mol. The van der Waals surface area contributed by atoms with Gasteiger partial charge < -0.3 is 19.6 Å². The van der Waals surface area contributed by atoms with E-state index in [-0.39, 0.29) is 30.5 Å². The number of rotatable bonds is 4. The average molecular weight is 385 g/mol. The maximum atomic E-state index is 13.0. The van der Waals surface area contributed by atoms with E-state index in [0.717, 1.165) is 37.3 Å². The average Bonchev–Trinajstić information content (AvgIpc) is 2.93. The number of pyridine rings is 1. The van der Waals surface area contributed by atoms with Crippen molar-refractivity contribution in [1.29, 1.82) is 0 Å². The zero-order valence-corrected chi connectivity index (χ0v) is 16.1. The molecule has 4 rings (SSSR count). The van der Waals surface area contributed by atoms with Gasteiger partial charge in [0.15, 0.2) is 0 Å². The van der Waals surface area contributed by atoms with Crippen LogP contribution in [0.1, 0.15) is 40.5 Å². The highest BCUT2D eigenvalue weighted by Crippen LogP contribution is 2.34. The summed E-state index contributed by atoms with van der Waals surface area (Å²) in [4.78, 5) is 20.9. The molecule has 0 radical (unpaired) electrons. The molecule has 6 nitrogen and oxygen atoms in total. The first-order valence-electron chi connectivity index (χ1n) is 9.54. The van der Waals surface area contributed by atoms with Crippen molar-refractivity contribution in [1.82, 2.24) is 9.88 Å². The van der Waals surface area contributed by atoms with E-state index >= 15 is 0 Å². The normalized spacial score (nSPS) is 19.9. The number of hydrogen-bond donors (Lipinski definition) is 1. The summed E-state index contributed by atoms with van der Waals surface area (Å²) in [6.45, 7) is 3.39. The van der Waals surface area contributed by atoms with E-state index in [2.05, 4.69) is 4.90 Å². The van der Waals surface area contributed by atoms with Gasteiger partial charge in [-0.1, -0.05) is 0 Å². The number of benzene rings is 1. The Balaban J connectivity index is 1.47. The van der Waals surface area contributed by atoms with Crippen LogP contribution in [0.3, 0.4) is 0 Å². The van der Waals surface area contributed by atoms with Gasteiger partial charge in [0, 0.05) is 33.0 Å². The minimum absolute atomic E-state index is 0.0781. The molecule has 2 aliphatic rings. The van der Waals surface area contributed by atoms with Crippen LogP contribution in [0.2, 0.25) is 0 Å². The molecule has 2 aromatic rings. The summed E-state index contributed by atoms with van der Waals surface area (Å²) in [5.74, 6) is 1.17. The Morgan fingerprint density at radius 2 is 1.93 bits per heavy atom. The second kappa shape index (κ2) is 7.39. The van der Waals surface area contributed by atoms with Gasteiger partial charge in [-0.2, -0.15) is 0 Å². The van der Waals surface area contributed by atoms with Crippen molar-refractivity contribution in [2.45, 2.75) is 31.9 Å². The van der Waals surface area contributed by atoms with Crippen molar-refractivity contribution in [2.24, 2.45) is 0 Å². The first-order chi connectivity index (χ1) is 13.5. The number of carbonyl (C=O) groups excluding carboxylic acids is 1. The Morgan fingerprint density at radius 1 is 1.25 bits per heavy atom. The summed E-state index contributed by atoms with van der Waals surface area (Å²) in [7, 11) is 1.69. The van der Waals surface area contributed by atoms with E-state index < -0.39 is 0 Å². The third-order valence-corrected chi connectivity index (χ3v) is 5.58. The quantitative estimate of drug-likeness (QED) is 0.877. The Labute approximate surface area is 163 Å². The van der Waals surface area contributed by atoms with Crippen LogP contribution in [0.5, 0.6) is 5.75 Å². The summed E-state index contributed by atoms with van der Waals surface area (Å²) in [5, 5.41) is 9.68. The first-order valence-corrected chi connectivity index (χ1v) is 9.54. The fourth-order valence-electron chi connectivity index (χ4n) is 3.98. The second-order valence-corrected chi connectivity index (χ2v) is 7.43. The van der Waals surface area contributed by atoms with Gasteiger partial charge in [0.1, 0.15) is 23.5 Å². The van der Waals surface area contributed by atoms with E-state index in [9.17, 15) is 14.3 Å². The number of nitrogens with zero attached hydrogens (tertiary/aromatic N) is 3. The molecule has 2 aliphatic heterocycles. The fourth-order valence-corrected chi connectivity index (χ4v) is 3.98. The molecule has 1 aromatic carbocycles. The van der Waals surface area contributed by atoms with Crippen LogP contribution in [0.15, 0.2) is 30.3 Å². The predicted molar refractivity (Wildman–Crippen MR) is 103 cm³/mol. The van der Waals surface area contributed by atoms with Gasteiger partial charge in [0.25, 0.3) is 5.91 Å². The summed E-state index contributed by atoms with van der Waals surface area (Å²) in [5.41, 5.74) is 2.19. The maximum Gasteiger partial charge on any atom is 0.256 e. The summed E-state index contributed by atoms with van der Waals surface area (Å²) < 4.78 is 19.0. The third kappa shape index (κ3) is 3.30. The van der Waals surface area contributed by atoms with E-state index in [1.807, 2.05) is 13.0 Å². The number of likely N-dealkylation sites (N-methyl/N-ethyl adjacent to an activating group) is 1. The minimum atomic E-state index is -0.388. The lowest BCUT2D eigenvalue weighted by molar-refractivity contribution is 0.0715. The number of aryl methyl sites for hydroxylation is 1. The van der Waals surface area contributed by atoms with Gasteiger partial charge in [-0.15, -0.1) is 0 Å². The van der Waals surface area contributed by atoms with Crippen LogP contribution < -0.4 is 9.64 Å². The van der Waals surface area contributed by atoms with Gasteiger partial charge in [-0.25, -0.2) is 9.37 Å². The van der Waals surface area contributed by atoms with E-state index in [1.165, 1.54) is 12.1 Å². The number of aliphatic hydroxyl groups excluding tert-OH is 1. The lowest BCUT2D eigenvalue weighted by atomic mass is 10.1. The molecule has 1 fully saturated rings. The second-order valence-electron chi connectivity index (χ2n) is 7.43. The fraction of sp³-hybridized carbons (Fsp3) is 0.429. The topological polar surface area (TPSA) is 65.9 Å². The Bertz CT molecular complexity index is 879. The zero-order chi connectivity index (χ0) is 19.8. The van der Waals surface area contributed by atoms with Crippen LogP contribution in [0.4, 0.5) is 10.2 Å². The standard InChI is InChI=1S/C21H24FN3O3/c1-13-11-17-19(18(12-26)24(2)21(17)27)23-20(13)25-9-7-16(8-10-25)28-15-5-3-14(22)4-6-15/h3-6,11,16,18,26H,7-10,12H2,1-2H3. The molecule has 1 unspecified atom stereocenters. The Morgan fingerprint density at radius 3 is 2.57 bits per heavy atom. The largest absolute Gasteiger partial charge is 0.490 e. The molecule has 0 spiro atoms.